The van der Waals surface area contributed by atoms with Gasteiger partial charge in [0, 0.05) is 24.7 Å². The second kappa shape index (κ2) is 9.18. The van der Waals surface area contributed by atoms with E-state index in [1.54, 1.807) is 30.3 Å². The summed E-state index contributed by atoms with van der Waals surface area (Å²) in [5.41, 5.74) is 2.58. The summed E-state index contributed by atoms with van der Waals surface area (Å²) in [5.74, 6) is -0.980. The van der Waals surface area contributed by atoms with E-state index in [-0.39, 0.29) is 24.0 Å². The molecule has 0 saturated carbocycles. The molecule has 0 atom stereocenters. The second-order valence-electron chi connectivity index (χ2n) is 6.03. The number of rotatable bonds is 8. The third-order valence-electron chi connectivity index (χ3n) is 3.70. The topological polar surface area (TPSA) is 104 Å². The molecule has 0 fully saturated rings. The van der Waals surface area contributed by atoms with Crippen molar-refractivity contribution < 1.29 is 18.0 Å². The van der Waals surface area contributed by atoms with Gasteiger partial charge in [-0.2, -0.15) is 0 Å². The summed E-state index contributed by atoms with van der Waals surface area (Å²) < 4.78 is 26.8. The Bertz CT molecular complexity index is 909. The minimum Gasteiger partial charge on any atom is -0.326 e. The molecular weight excluding hydrogens is 366 g/mol. The number of amides is 2. The SMILES string of the molecule is CCc1ccc(NC(=O)CCS(=O)(=O)Nc2cccc(NC(C)=O)c2)cc1. The standard InChI is InChI=1S/C19H23N3O4S/c1-3-15-7-9-16(10-8-15)21-19(24)11-12-27(25,26)22-18-6-4-5-17(13-18)20-14(2)23/h4-10,13,22H,3,11-12H2,1-2H3,(H,20,23)(H,21,24). The van der Waals surface area contributed by atoms with Crippen LogP contribution < -0.4 is 15.4 Å². The van der Waals surface area contributed by atoms with Gasteiger partial charge in [-0.1, -0.05) is 25.1 Å². The Morgan fingerprint density at radius 1 is 0.926 bits per heavy atom. The van der Waals surface area contributed by atoms with Crippen molar-refractivity contribution in [2.45, 2.75) is 26.7 Å². The Labute approximate surface area is 159 Å². The van der Waals surface area contributed by atoms with Gasteiger partial charge in [-0.3, -0.25) is 14.3 Å². The fraction of sp³-hybridized carbons (Fsp3) is 0.263. The number of sulfonamides is 1. The Morgan fingerprint density at radius 3 is 2.22 bits per heavy atom. The predicted molar refractivity (Wildman–Crippen MR) is 107 cm³/mol. The zero-order valence-electron chi connectivity index (χ0n) is 15.3. The van der Waals surface area contributed by atoms with Crippen LogP contribution in [0.2, 0.25) is 0 Å². The molecule has 0 spiro atoms. The molecule has 2 amide bonds. The third-order valence-corrected chi connectivity index (χ3v) is 4.99. The number of hydrogen-bond acceptors (Lipinski definition) is 4. The first-order valence-electron chi connectivity index (χ1n) is 8.54. The molecule has 27 heavy (non-hydrogen) atoms. The molecule has 144 valence electrons. The first-order chi connectivity index (χ1) is 12.8. The number of carbonyl (C=O) groups is 2. The van der Waals surface area contributed by atoms with Gasteiger partial charge in [-0.15, -0.1) is 0 Å². The number of benzene rings is 2. The minimum atomic E-state index is -3.70. The van der Waals surface area contributed by atoms with Crippen molar-refractivity contribution in [3.05, 3.63) is 54.1 Å². The maximum absolute atomic E-state index is 12.2. The van der Waals surface area contributed by atoms with Gasteiger partial charge in [-0.25, -0.2) is 8.42 Å². The van der Waals surface area contributed by atoms with E-state index in [1.165, 1.54) is 13.0 Å². The van der Waals surface area contributed by atoms with Crippen molar-refractivity contribution in [1.29, 1.82) is 0 Å². The fourth-order valence-corrected chi connectivity index (χ4v) is 3.41. The van der Waals surface area contributed by atoms with Crippen molar-refractivity contribution in [3.8, 4) is 0 Å². The summed E-state index contributed by atoms with van der Waals surface area (Å²) in [6, 6.07) is 13.7. The summed E-state index contributed by atoms with van der Waals surface area (Å²) >= 11 is 0. The van der Waals surface area contributed by atoms with Crippen LogP contribution in [0, 0.1) is 0 Å². The van der Waals surface area contributed by atoms with Crippen molar-refractivity contribution in [1.82, 2.24) is 0 Å². The molecule has 0 radical (unpaired) electrons. The second-order valence-corrected chi connectivity index (χ2v) is 7.87. The molecule has 2 rings (SSSR count). The molecular formula is C19H23N3O4S. The molecule has 0 saturated heterocycles. The van der Waals surface area contributed by atoms with Crippen molar-refractivity contribution >= 4 is 38.9 Å². The molecule has 3 N–H and O–H groups in total. The summed E-state index contributed by atoms with van der Waals surface area (Å²) in [6.45, 7) is 3.41. The van der Waals surface area contributed by atoms with E-state index < -0.39 is 10.0 Å². The molecule has 0 aromatic heterocycles. The quantitative estimate of drug-likeness (QED) is 0.645. The Balaban J connectivity index is 1.90. The van der Waals surface area contributed by atoms with Crippen LogP contribution in [0.5, 0.6) is 0 Å². The van der Waals surface area contributed by atoms with Gasteiger partial charge in [0.1, 0.15) is 0 Å². The fourth-order valence-electron chi connectivity index (χ4n) is 2.37. The Hall–Kier alpha value is -2.87. The molecule has 0 unspecified atom stereocenters. The highest BCUT2D eigenvalue weighted by molar-refractivity contribution is 7.92. The lowest BCUT2D eigenvalue weighted by molar-refractivity contribution is -0.116. The lowest BCUT2D eigenvalue weighted by Gasteiger charge is -2.10. The van der Waals surface area contributed by atoms with Crippen LogP contribution in [0.3, 0.4) is 0 Å². The van der Waals surface area contributed by atoms with Crippen LogP contribution in [-0.2, 0) is 26.0 Å². The normalized spacial score (nSPS) is 10.9. The molecule has 0 heterocycles. The van der Waals surface area contributed by atoms with E-state index >= 15 is 0 Å². The van der Waals surface area contributed by atoms with Gasteiger partial charge >= 0.3 is 0 Å². The highest BCUT2D eigenvalue weighted by atomic mass is 32.2. The van der Waals surface area contributed by atoms with E-state index in [9.17, 15) is 18.0 Å². The average molecular weight is 389 g/mol. The number of hydrogen-bond donors (Lipinski definition) is 3. The molecule has 2 aromatic rings. The predicted octanol–water partition coefficient (Wildman–Crippen LogP) is 2.98. The largest absolute Gasteiger partial charge is 0.326 e. The third kappa shape index (κ3) is 7.10. The van der Waals surface area contributed by atoms with Crippen molar-refractivity contribution in [3.63, 3.8) is 0 Å². The van der Waals surface area contributed by atoms with E-state index in [2.05, 4.69) is 15.4 Å². The van der Waals surface area contributed by atoms with E-state index in [4.69, 9.17) is 0 Å². The first-order valence-corrected chi connectivity index (χ1v) is 10.2. The molecule has 0 aliphatic rings. The number of carbonyl (C=O) groups excluding carboxylic acids is 2. The zero-order chi connectivity index (χ0) is 19.9. The molecule has 0 aliphatic carbocycles. The van der Waals surface area contributed by atoms with Gasteiger partial charge < -0.3 is 10.6 Å². The molecule has 8 heteroatoms. The molecule has 7 nitrogen and oxygen atoms in total. The Morgan fingerprint density at radius 2 is 1.59 bits per heavy atom. The van der Waals surface area contributed by atoms with Gasteiger partial charge in [-0.05, 0) is 42.3 Å². The minimum absolute atomic E-state index is 0.170. The average Bonchev–Trinajstić information content (AvgIpc) is 2.60. The summed E-state index contributed by atoms with van der Waals surface area (Å²) in [4.78, 5) is 23.1. The Kier molecular flexibility index (Phi) is 6.95. The van der Waals surface area contributed by atoms with Crippen molar-refractivity contribution in [2.24, 2.45) is 0 Å². The van der Waals surface area contributed by atoms with Crippen LogP contribution >= 0.6 is 0 Å². The molecule has 2 aromatic carbocycles. The first kappa shape index (κ1) is 20.4. The lowest BCUT2D eigenvalue weighted by Crippen LogP contribution is -2.22. The number of aryl methyl sites for hydroxylation is 1. The van der Waals surface area contributed by atoms with Crippen molar-refractivity contribution in [2.75, 3.05) is 21.1 Å². The van der Waals surface area contributed by atoms with E-state index in [0.29, 0.717) is 17.1 Å². The summed E-state index contributed by atoms with van der Waals surface area (Å²) in [6.07, 6.45) is 0.734. The van der Waals surface area contributed by atoms with Crippen LogP contribution in [0.25, 0.3) is 0 Å². The van der Waals surface area contributed by atoms with E-state index in [0.717, 1.165) is 12.0 Å². The maximum atomic E-state index is 12.2. The summed E-state index contributed by atoms with van der Waals surface area (Å²) in [5, 5.41) is 5.26. The van der Waals surface area contributed by atoms with Gasteiger partial charge in [0.05, 0.1) is 11.4 Å². The van der Waals surface area contributed by atoms with Crippen LogP contribution in [-0.4, -0.2) is 26.0 Å². The van der Waals surface area contributed by atoms with Gasteiger partial charge in [0.15, 0.2) is 0 Å². The zero-order valence-corrected chi connectivity index (χ0v) is 16.1. The van der Waals surface area contributed by atoms with Crippen LogP contribution in [0.4, 0.5) is 17.1 Å². The lowest BCUT2D eigenvalue weighted by atomic mass is 10.1. The maximum Gasteiger partial charge on any atom is 0.233 e. The molecule has 0 aliphatic heterocycles. The smallest absolute Gasteiger partial charge is 0.233 e. The van der Waals surface area contributed by atoms with Crippen LogP contribution in [0.1, 0.15) is 25.8 Å². The van der Waals surface area contributed by atoms with Gasteiger partial charge in [0.2, 0.25) is 21.8 Å². The highest BCUT2D eigenvalue weighted by Gasteiger charge is 2.14. The summed E-state index contributed by atoms with van der Waals surface area (Å²) in [7, 11) is -3.70. The van der Waals surface area contributed by atoms with E-state index in [1.807, 2.05) is 19.1 Å². The monoisotopic (exact) mass is 389 g/mol. The molecule has 0 bridgehead atoms. The van der Waals surface area contributed by atoms with Gasteiger partial charge in [0.25, 0.3) is 0 Å². The number of anilines is 3. The highest BCUT2D eigenvalue weighted by Crippen LogP contribution is 2.17. The number of nitrogens with one attached hydrogen (secondary N) is 3. The van der Waals surface area contributed by atoms with Crippen LogP contribution in [0.15, 0.2) is 48.5 Å².